The molecule has 1 saturated heterocycles. The molecule has 0 radical (unpaired) electrons. The fourth-order valence-electron chi connectivity index (χ4n) is 2.20. The molecule has 0 atom stereocenters. The van der Waals surface area contributed by atoms with Crippen molar-refractivity contribution < 1.29 is 13.2 Å². The molecular weight excluding hydrogens is 330 g/mol. The van der Waals surface area contributed by atoms with Gasteiger partial charge in [-0.1, -0.05) is 17.7 Å². The van der Waals surface area contributed by atoms with Crippen LogP contribution >= 0.6 is 23.4 Å². The summed E-state index contributed by atoms with van der Waals surface area (Å²) in [6.45, 7) is 3.76. The minimum absolute atomic E-state index is 0.256. The third-order valence-corrected chi connectivity index (χ3v) is 6.82. The van der Waals surface area contributed by atoms with Crippen LogP contribution in [0.5, 0.6) is 0 Å². The summed E-state index contributed by atoms with van der Waals surface area (Å²) < 4.78 is 32.5. The molecule has 0 aliphatic carbocycles. The monoisotopic (exact) mass is 349 g/mol. The molecule has 1 fully saturated rings. The zero-order valence-corrected chi connectivity index (χ0v) is 14.4. The van der Waals surface area contributed by atoms with E-state index in [1.54, 1.807) is 25.1 Å². The molecule has 4 nitrogen and oxygen atoms in total. The van der Waals surface area contributed by atoms with E-state index in [-0.39, 0.29) is 4.90 Å². The minimum Gasteiger partial charge on any atom is -0.381 e. The molecule has 0 aromatic heterocycles. The van der Waals surface area contributed by atoms with E-state index in [0.717, 1.165) is 31.8 Å². The van der Waals surface area contributed by atoms with Crippen LogP contribution in [0.25, 0.3) is 0 Å². The van der Waals surface area contributed by atoms with Gasteiger partial charge in [0, 0.05) is 35.8 Å². The summed E-state index contributed by atoms with van der Waals surface area (Å²) in [5.74, 6) is 0.767. The molecule has 118 valence electrons. The zero-order chi connectivity index (χ0) is 15.3. The number of hydrogen-bond donors (Lipinski definition) is 1. The van der Waals surface area contributed by atoms with Gasteiger partial charge in [-0.15, -0.1) is 0 Å². The van der Waals surface area contributed by atoms with Crippen molar-refractivity contribution in [3.05, 3.63) is 28.8 Å². The Morgan fingerprint density at radius 2 is 2.10 bits per heavy atom. The van der Waals surface area contributed by atoms with Gasteiger partial charge in [-0.2, -0.15) is 11.8 Å². The lowest BCUT2D eigenvalue weighted by Crippen LogP contribution is -2.27. The quantitative estimate of drug-likeness (QED) is 0.802. The molecule has 7 heteroatoms. The molecule has 0 saturated carbocycles. The first-order valence-electron chi connectivity index (χ1n) is 6.95. The SMILES string of the molecule is Cc1c(Cl)cccc1S(=O)(=O)NCCSC1CCOCC1. The van der Waals surface area contributed by atoms with Gasteiger partial charge in [-0.25, -0.2) is 13.1 Å². The highest BCUT2D eigenvalue weighted by Crippen LogP contribution is 2.23. The number of rotatable bonds is 6. The van der Waals surface area contributed by atoms with Crippen molar-refractivity contribution in [3.63, 3.8) is 0 Å². The number of ether oxygens (including phenoxy) is 1. The van der Waals surface area contributed by atoms with Crippen molar-refractivity contribution in [2.24, 2.45) is 0 Å². The van der Waals surface area contributed by atoms with Crippen LogP contribution in [0, 0.1) is 6.92 Å². The van der Waals surface area contributed by atoms with Crippen molar-refractivity contribution >= 4 is 33.4 Å². The van der Waals surface area contributed by atoms with Gasteiger partial charge in [0.1, 0.15) is 0 Å². The van der Waals surface area contributed by atoms with Gasteiger partial charge in [0.05, 0.1) is 4.90 Å². The summed E-state index contributed by atoms with van der Waals surface area (Å²) in [7, 11) is -3.49. The first kappa shape index (κ1) is 17.1. The van der Waals surface area contributed by atoms with E-state index in [9.17, 15) is 8.42 Å². The fraction of sp³-hybridized carbons (Fsp3) is 0.571. The Morgan fingerprint density at radius 3 is 2.81 bits per heavy atom. The maximum Gasteiger partial charge on any atom is 0.240 e. The number of thioether (sulfide) groups is 1. The lowest BCUT2D eigenvalue weighted by Gasteiger charge is -2.21. The second-order valence-electron chi connectivity index (χ2n) is 4.94. The summed E-state index contributed by atoms with van der Waals surface area (Å²) in [6, 6.07) is 4.92. The Labute approximate surface area is 135 Å². The number of halogens is 1. The average Bonchev–Trinajstić information content (AvgIpc) is 2.47. The Morgan fingerprint density at radius 1 is 1.38 bits per heavy atom. The van der Waals surface area contributed by atoms with Crippen LogP contribution in [0.1, 0.15) is 18.4 Å². The van der Waals surface area contributed by atoms with Gasteiger partial charge >= 0.3 is 0 Å². The van der Waals surface area contributed by atoms with Gasteiger partial charge in [0.25, 0.3) is 0 Å². The van der Waals surface area contributed by atoms with E-state index in [1.165, 1.54) is 0 Å². The van der Waals surface area contributed by atoms with E-state index in [4.69, 9.17) is 16.3 Å². The number of hydrogen-bond acceptors (Lipinski definition) is 4. The van der Waals surface area contributed by atoms with Crippen LogP contribution in [0.2, 0.25) is 5.02 Å². The van der Waals surface area contributed by atoms with Crippen LogP contribution < -0.4 is 4.72 Å². The fourth-order valence-corrected chi connectivity index (χ4v) is 4.94. The second-order valence-corrected chi connectivity index (χ2v) is 8.49. The Hall–Kier alpha value is -0.270. The molecule has 1 N–H and O–H groups in total. The third-order valence-electron chi connectivity index (χ3n) is 3.42. The maximum atomic E-state index is 12.3. The van der Waals surface area contributed by atoms with Crippen molar-refractivity contribution in [1.29, 1.82) is 0 Å². The van der Waals surface area contributed by atoms with Crippen molar-refractivity contribution in [1.82, 2.24) is 4.72 Å². The summed E-state index contributed by atoms with van der Waals surface area (Å²) in [4.78, 5) is 0.256. The highest BCUT2D eigenvalue weighted by molar-refractivity contribution is 8.00. The molecule has 1 heterocycles. The topological polar surface area (TPSA) is 55.4 Å². The van der Waals surface area contributed by atoms with E-state index in [1.807, 2.05) is 11.8 Å². The molecule has 0 spiro atoms. The van der Waals surface area contributed by atoms with Gasteiger partial charge in [-0.05, 0) is 37.5 Å². The molecule has 1 aromatic carbocycles. The van der Waals surface area contributed by atoms with Crippen molar-refractivity contribution in [3.8, 4) is 0 Å². The molecule has 0 unspecified atom stereocenters. The van der Waals surface area contributed by atoms with Crippen LogP contribution in [-0.2, 0) is 14.8 Å². The Balaban J connectivity index is 1.85. The molecule has 1 aliphatic heterocycles. The molecule has 0 bridgehead atoms. The lowest BCUT2D eigenvalue weighted by atomic mass is 10.2. The lowest BCUT2D eigenvalue weighted by molar-refractivity contribution is 0.100. The molecule has 21 heavy (non-hydrogen) atoms. The standard InChI is InChI=1S/C14H20ClNO3S2/c1-11-13(15)3-2-4-14(11)21(17,18)16-7-10-20-12-5-8-19-9-6-12/h2-4,12,16H,5-10H2,1H3. The predicted molar refractivity (Wildman–Crippen MR) is 87.7 cm³/mol. The van der Waals surface area contributed by atoms with E-state index in [2.05, 4.69) is 4.72 Å². The van der Waals surface area contributed by atoms with Crippen LogP contribution in [0.15, 0.2) is 23.1 Å². The normalized spacial score (nSPS) is 17.0. The summed E-state index contributed by atoms with van der Waals surface area (Å²) in [5, 5.41) is 1.05. The Bertz CT molecular complexity index is 572. The molecule has 0 amide bonds. The summed E-state index contributed by atoms with van der Waals surface area (Å²) in [5.41, 5.74) is 0.587. The van der Waals surface area contributed by atoms with Crippen molar-refractivity contribution in [2.45, 2.75) is 29.9 Å². The largest absolute Gasteiger partial charge is 0.381 e. The molecule has 1 aliphatic rings. The van der Waals surface area contributed by atoms with Crippen LogP contribution in [0.3, 0.4) is 0 Å². The Kier molecular flexibility index (Phi) is 6.37. The predicted octanol–water partition coefficient (Wildman–Crippen LogP) is 2.84. The smallest absolute Gasteiger partial charge is 0.240 e. The highest BCUT2D eigenvalue weighted by atomic mass is 35.5. The van der Waals surface area contributed by atoms with E-state index >= 15 is 0 Å². The van der Waals surface area contributed by atoms with Gasteiger partial charge in [0.15, 0.2) is 0 Å². The molecule has 2 rings (SSSR count). The van der Waals surface area contributed by atoms with E-state index in [0.29, 0.717) is 22.4 Å². The molecular formula is C14H20ClNO3S2. The molecule has 1 aromatic rings. The van der Waals surface area contributed by atoms with E-state index < -0.39 is 10.0 Å². The summed E-state index contributed by atoms with van der Waals surface area (Å²) in [6.07, 6.45) is 2.09. The van der Waals surface area contributed by atoms with Crippen LogP contribution in [0.4, 0.5) is 0 Å². The first-order valence-corrected chi connectivity index (χ1v) is 9.86. The third kappa shape index (κ3) is 4.86. The number of benzene rings is 1. The number of nitrogens with one attached hydrogen (secondary N) is 1. The average molecular weight is 350 g/mol. The maximum absolute atomic E-state index is 12.3. The van der Waals surface area contributed by atoms with Gasteiger partial charge < -0.3 is 4.74 Å². The second kappa shape index (κ2) is 7.83. The zero-order valence-electron chi connectivity index (χ0n) is 12.0. The first-order chi connectivity index (χ1) is 10.0. The van der Waals surface area contributed by atoms with Crippen molar-refractivity contribution in [2.75, 3.05) is 25.5 Å². The number of sulfonamides is 1. The van der Waals surface area contributed by atoms with Crippen LogP contribution in [-0.4, -0.2) is 39.2 Å². The van der Waals surface area contributed by atoms with Gasteiger partial charge in [0.2, 0.25) is 10.0 Å². The van der Waals surface area contributed by atoms with Gasteiger partial charge in [-0.3, -0.25) is 0 Å². The minimum atomic E-state index is -3.49. The summed E-state index contributed by atoms with van der Waals surface area (Å²) >= 11 is 7.78. The highest BCUT2D eigenvalue weighted by Gasteiger charge is 2.18.